The van der Waals surface area contributed by atoms with Crippen molar-refractivity contribution >= 4 is 40.5 Å². The van der Waals surface area contributed by atoms with Crippen LogP contribution < -0.4 is 25.8 Å². The van der Waals surface area contributed by atoms with Gasteiger partial charge in [-0.3, -0.25) is 24.0 Å². The normalized spacial score (nSPS) is 16.6. The average molecular weight is 1000 g/mol. The van der Waals surface area contributed by atoms with E-state index in [2.05, 4.69) is 38.5 Å². The smallest absolute Gasteiger partial charge is 0.251 e. The first-order valence-corrected chi connectivity index (χ1v) is 25.9. The first-order chi connectivity index (χ1) is 34.4. The minimum Gasteiger partial charge on any atom is -0.491 e. The number of aryl methyl sites for hydroxylation is 3. The molecule has 7 rings (SSSR count). The predicted molar refractivity (Wildman–Crippen MR) is 281 cm³/mol. The molecule has 2 fully saturated rings. The zero-order chi connectivity index (χ0) is 51.7. The van der Waals surface area contributed by atoms with Crippen LogP contribution in [0.15, 0.2) is 77.0 Å². The number of thiazole rings is 1. The second-order valence-corrected chi connectivity index (χ2v) is 20.9. The topological polar surface area (TPSA) is 192 Å². The fourth-order valence-corrected chi connectivity index (χ4v) is 10.6. The molecule has 384 valence electrons. The molecule has 0 radical (unpaired) electrons. The first kappa shape index (κ1) is 53.6. The van der Waals surface area contributed by atoms with E-state index < -0.39 is 35.4 Å². The van der Waals surface area contributed by atoms with Gasteiger partial charge in [0.05, 0.1) is 28.8 Å². The third kappa shape index (κ3) is 13.3. The summed E-state index contributed by atoms with van der Waals surface area (Å²) >= 11 is 1.57. The molecular formula is C56H70N6O9S. The number of β-amino-alcohol motifs (C(OH)–C–C–N with tert-alkyl or cyclic N) is 1. The van der Waals surface area contributed by atoms with Gasteiger partial charge in [0, 0.05) is 74.2 Å². The quantitative estimate of drug-likeness (QED) is 0.0448. The maximum absolute atomic E-state index is 14.1. The van der Waals surface area contributed by atoms with Crippen LogP contribution in [-0.4, -0.2) is 114 Å². The van der Waals surface area contributed by atoms with Crippen LogP contribution in [0.4, 0.5) is 5.69 Å². The Morgan fingerprint density at radius 1 is 0.958 bits per heavy atom. The largest absolute Gasteiger partial charge is 0.491 e. The van der Waals surface area contributed by atoms with Gasteiger partial charge in [-0.2, -0.15) is 0 Å². The molecule has 0 unspecified atom stereocenters. The Balaban J connectivity index is 0.932. The number of ketones is 1. The van der Waals surface area contributed by atoms with Crippen molar-refractivity contribution in [1.29, 1.82) is 0 Å². The highest BCUT2D eigenvalue weighted by Gasteiger charge is 2.44. The summed E-state index contributed by atoms with van der Waals surface area (Å²) in [6.07, 6.45) is 1.53. The monoisotopic (exact) mass is 1000 g/mol. The van der Waals surface area contributed by atoms with Gasteiger partial charge in [0.15, 0.2) is 5.78 Å². The van der Waals surface area contributed by atoms with Crippen molar-refractivity contribution in [3.05, 3.63) is 122 Å². The minimum atomic E-state index is -0.994. The fourth-order valence-electron chi connectivity index (χ4n) is 9.75. The molecule has 2 aliphatic rings. The molecule has 2 aromatic heterocycles. The van der Waals surface area contributed by atoms with Gasteiger partial charge in [0.2, 0.25) is 17.7 Å². The van der Waals surface area contributed by atoms with Gasteiger partial charge >= 0.3 is 0 Å². The van der Waals surface area contributed by atoms with E-state index in [0.717, 1.165) is 74.7 Å². The first-order valence-electron chi connectivity index (χ1n) is 25.0. The highest BCUT2D eigenvalue weighted by molar-refractivity contribution is 7.13. The molecule has 0 aliphatic carbocycles. The molecule has 4 N–H and O–H groups in total. The molecule has 3 atom stereocenters. The number of aliphatic hydroxyl groups excluding tert-OH is 1. The molecule has 2 aliphatic heterocycles. The summed E-state index contributed by atoms with van der Waals surface area (Å²) in [5.41, 5.74) is 10.5. The van der Waals surface area contributed by atoms with Crippen LogP contribution in [0.25, 0.3) is 21.6 Å². The Labute approximate surface area is 426 Å². The van der Waals surface area contributed by atoms with Crippen LogP contribution in [-0.2, 0) is 36.8 Å². The number of ether oxygens (including phenoxy) is 3. The van der Waals surface area contributed by atoms with Crippen molar-refractivity contribution in [3.63, 3.8) is 0 Å². The summed E-state index contributed by atoms with van der Waals surface area (Å²) in [6.45, 7) is 17.6. The van der Waals surface area contributed by atoms with Crippen LogP contribution in [0.2, 0.25) is 0 Å². The second kappa shape index (κ2) is 24.0. The van der Waals surface area contributed by atoms with Gasteiger partial charge in [-0.15, -0.1) is 11.3 Å². The number of rotatable bonds is 20. The van der Waals surface area contributed by atoms with Crippen LogP contribution in [0.3, 0.4) is 0 Å². The number of carbonyl (C=O) groups is 4. The predicted octanol–water partition coefficient (Wildman–Crippen LogP) is 7.42. The van der Waals surface area contributed by atoms with Gasteiger partial charge in [-0.25, -0.2) is 4.98 Å². The highest BCUT2D eigenvalue weighted by atomic mass is 32.1. The lowest BCUT2D eigenvalue weighted by molar-refractivity contribution is -0.144. The number of amides is 3. The number of Topliss-reactive ketones (excluding diaryl/α,β-unsaturated/α-hetero) is 1. The molecule has 0 spiro atoms. The number of pyridine rings is 1. The van der Waals surface area contributed by atoms with Crippen molar-refractivity contribution in [2.24, 2.45) is 5.41 Å². The summed E-state index contributed by atoms with van der Waals surface area (Å²) in [5, 5.41) is 16.4. The Morgan fingerprint density at radius 3 is 2.32 bits per heavy atom. The Bertz CT molecular complexity index is 2760. The highest BCUT2D eigenvalue weighted by Crippen LogP contribution is 2.36. The number of anilines is 1. The Morgan fingerprint density at radius 2 is 1.67 bits per heavy atom. The summed E-state index contributed by atoms with van der Waals surface area (Å²) in [7, 11) is 0. The van der Waals surface area contributed by atoms with Crippen LogP contribution in [0, 0.1) is 33.1 Å². The summed E-state index contributed by atoms with van der Waals surface area (Å²) in [5.74, 6) is -0.769. The zero-order valence-corrected chi connectivity index (χ0v) is 43.7. The number of hydrogen-bond acceptors (Lipinski definition) is 12. The fraction of sp³-hybridized carbons (Fsp3) is 0.464. The number of nitrogens with one attached hydrogen (secondary N) is 3. The van der Waals surface area contributed by atoms with Gasteiger partial charge in [0.1, 0.15) is 31.0 Å². The molecular weight excluding hydrogens is 933 g/mol. The van der Waals surface area contributed by atoms with E-state index in [4.69, 9.17) is 14.2 Å². The molecule has 5 aromatic rings. The molecule has 72 heavy (non-hydrogen) atoms. The number of benzene rings is 3. The molecule has 2 saturated heterocycles. The third-order valence-corrected chi connectivity index (χ3v) is 14.7. The average Bonchev–Trinajstić information content (AvgIpc) is 3.97. The zero-order valence-electron chi connectivity index (χ0n) is 42.9. The van der Waals surface area contributed by atoms with Crippen molar-refractivity contribution in [2.45, 2.75) is 118 Å². The van der Waals surface area contributed by atoms with Gasteiger partial charge < -0.3 is 44.7 Å². The van der Waals surface area contributed by atoms with E-state index in [0.29, 0.717) is 36.5 Å². The number of aromatic amines is 1. The number of aromatic nitrogens is 2. The Hall–Kier alpha value is -6.20. The molecule has 3 aromatic carbocycles. The molecule has 0 saturated carbocycles. The molecule has 3 amide bonds. The number of nitrogens with zero attached hydrogens (tertiary/aromatic N) is 3. The standard InChI is InChI=1S/C56H70N6O9S/c1-9-61(42-20-22-69-23-21-42)47-28-41(27-46(36(47)4)49(64)19-18-45-34(2)26-35(3)59-53(45)66)39-14-16-44(17-15-39)71-25-24-70-32-50(65)60-52(56(6,7)8)55(68)62-31-43(63)29-48(62)54(67)57-30-38-10-12-40(13-11-38)51-37(5)58-33-72-51/h10-17,26-28,33,42-43,48,52,63H,9,18-25,29-32H2,1-8H3,(H,57,67)(H,59,66)(H,60,65)/t43-,48+,52-/m1/s1. The van der Waals surface area contributed by atoms with Gasteiger partial charge in [0.25, 0.3) is 5.56 Å². The van der Waals surface area contributed by atoms with E-state index >= 15 is 0 Å². The lowest BCUT2D eigenvalue weighted by Crippen LogP contribution is -2.58. The van der Waals surface area contributed by atoms with E-state index in [1.54, 1.807) is 11.3 Å². The van der Waals surface area contributed by atoms with Crippen molar-refractivity contribution in [1.82, 2.24) is 25.5 Å². The van der Waals surface area contributed by atoms with Gasteiger partial charge in [-0.05, 0) is 123 Å². The minimum absolute atomic E-state index is 0.0239. The maximum Gasteiger partial charge on any atom is 0.251 e. The van der Waals surface area contributed by atoms with Crippen LogP contribution in [0.1, 0.15) is 97.4 Å². The number of likely N-dealkylation sites (tertiary alicyclic amines) is 1. The summed E-state index contributed by atoms with van der Waals surface area (Å²) in [4.78, 5) is 79.8. The number of carbonyl (C=O) groups excluding carboxylic acids is 4. The number of aliphatic hydroxyl groups is 1. The van der Waals surface area contributed by atoms with Gasteiger partial charge in [-0.1, -0.05) is 57.2 Å². The third-order valence-electron chi connectivity index (χ3n) is 13.7. The van der Waals surface area contributed by atoms with E-state index in [1.165, 1.54) is 4.90 Å². The van der Waals surface area contributed by atoms with Crippen molar-refractivity contribution < 1.29 is 38.5 Å². The molecule has 0 bridgehead atoms. The number of H-pyrrole nitrogens is 1. The summed E-state index contributed by atoms with van der Waals surface area (Å²) in [6, 6.07) is 19.9. The number of hydrogen-bond donors (Lipinski definition) is 4. The van der Waals surface area contributed by atoms with E-state index in [-0.39, 0.29) is 69.0 Å². The lowest BCUT2D eigenvalue weighted by atomic mass is 9.85. The van der Waals surface area contributed by atoms with E-state index in [9.17, 15) is 29.1 Å². The SMILES string of the molecule is CCN(c1cc(-c2ccc(OCCOCC(=O)N[C@H](C(=O)N3C[C@H](O)C[C@H]3C(=O)NCc3ccc(-c4scnc4C)cc3)C(C)(C)C)cc2)cc(C(=O)CCc2c(C)cc(C)[nH]c2=O)c1C)C1CCOCC1. The lowest BCUT2D eigenvalue weighted by Gasteiger charge is -2.37. The summed E-state index contributed by atoms with van der Waals surface area (Å²) < 4.78 is 17.4. The second-order valence-electron chi connectivity index (χ2n) is 20.0. The van der Waals surface area contributed by atoms with Crippen LogP contribution >= 0.6 is 11.3 Å². The molecule has 15 nitrogen and oxygen atoms in total. The van der Waals surface area contributed by atoms with Crippen LogP contribution in [0.5, 0.6) is 5.75 Å². The van der Waals surface area contributed by atoms with E-state index in [1.807, 2.05) is 115 Å². The van der Waals surface area contributed by atoms with Crippen molar-refractivity contribution in [3.8, 4) is 27.3 Å². The maximum atomic E-state index is 14.1. The Kier molecular flexibility index (Phi) is 17.9. The molecule has 16 heteroatoms. The van der Waals surface area contributed by atoms with Crippen molar-refractivity contribution in [2.75, 3.05) is 51.0 Å². The molecule has 4 heterocycles.